The van der Waals surface area contributed by atoms with Crippen LogP contribution >= 0.6 is 0 Å². The molecule has 2 nitrogen and oxygen atoms in total. The summed E-state index contributed by atoms with van der Waals surface area (Å²) in [7, 11) is 0. The van der Waals surface area contributed by atoms with Gasteiger partial charge in [0.1, 0.15) is 0 Å². The number of aliphatic hydroxyl groups is 1. The molecule has 0 saturated carbocycles. The van der Waals surface area contributed by atoms with Crippen molar-refractivity contribution in [1.82, 2.24) is 0 Å². The molecule has 1 aromatic carbocycles. The number of hydrogen-bond donors (Lipinski definition) is 1. The Morgan fingerprint density at radius 1 is 1.00 bits per heavy atom. The molecule has 5 unspecified atom stereocenters. The molecule has 0 aromatic heterocycles. The second kappa shape index (κ2) is 5.26. The van der Waals surface area contributed by atoms with E-state index in [0.717, 1.165) is 5.56 Å². The van der Waals surface area contributed by atoms with Crippen LogP contribution in [0.3, 0.4) is 0 Å². The van der Waals surface area contributed by atoms with E-state index in [0.29, 0.717) is 5.92 Å². The molecule has 1 aliphatic heterocycles. The molecule has 1 aromatic rings. The number of aryl methyl sites for hydroxylation is 3. The van der Waals surface area contributed by atoms with Gasteiger partial charge in [-0.2, -0.15) is 0 Å². The van der Waals surface area contributed by atoms with Crippen molar-refractivity contribution >= 4 is 0 Å². The van der Waals surface area contributed by atoms with Gasteiger partial charge in [-0.05, 0) is 57.2 Å². The Morgan fingerprint density at radius 2 is 1.53 bits per heavy atom. The highest BCUT2D eigenvalue weighted by molar-refractivity contribution is 5.39. The van der Waals surface area contributed by atoms with E-state index in [9.17, 15) is 5.11 Å². The molecule has 19 heavy (non-hydrogen) atoms. The molecule has 2 rings (SSSR count). The summed E-state index contributed by atoms with van der Waals surface area (Å²) < 4.78 is 5.87. The van der Waals surface area contributed by atoms with Gasteiger partial charge < -0.3 is 9.84 Å². The van der Waals surface area contributed by atoms with Gasteiger partial charge in [-0.3, -0.25) is 0 Å². The summed E-state index contributed by atoms with van der Waals surface area (Å²) in [5.41, 5.74) is 4.71. The van der Waals surface area contributed by atoms with Crippen LogP contribution in [0, 0.1) is 32.6 Å². The molecule has 0 radical (unpaired) electrons. The number of hydrogen-bond acceptors (Lipinski definition) is 2. The smallest absolute Gasteiger partial charge is 0.0851 e. The highest BCUT2D eigenvalue weighted by Crippen LogP contribution is 2.42. The number of ether oxygens (including phenoxy) is 1. The summed E-state index contributed by atoms with van der Waals surface area (Å²) in [5.74, 6) is 0.556. The summed E-state index contributed by atoms with van der Waals surface area (Å²) in [6.07, 6.45) is -0.101. The Morgan fingerprint density at radius 3 is 1.95 bits per heavy atom. The maximum atomic E-state index is 10.9. The second-order valence-corrected chi connectivity index (χ2v) is 6.24. The zero-order valence-corrected chi connectivity index (χ0v) is 12.9. The average molecular weight is 262 g/mol. The summed E-state index contributed by atoms with van der Waals surface area (Å²) in [6.45, 7) is 12.6. The summed E-state index contributed by atoms with van der Waals surface area (Å²) in [5, 5.41) is 10.9. The lowest BCUT2D eigenvalue weighted by Gasteiger charge is -2.27. The minimum Gasteiger partial charge on any atom is -0.388 e. The highest BCUT2D eigenvalue weighted by atomic mass is 16.5. The molecule has 106 valence electrons. The Kier molecular flexibility index (Phi) is 4.03. The van der Waals surface area contributed by atoms with Crippen LogP contribution in [-0.2, 0) is 4.74 Å². The van der Waals surface area contributed by atoms with Crippen molar-refractivity contribution in [3.05, 3.63) is 34.4 Å². The van der Waals surface area contributed by atoms with Crippen molar-refractivity contribution in [2.75, 3.05) is 0 Å². The summed E-state index contributed by atoms with van der Waals surface area (Å²) in [6, 6.07) is 4.31. The van der Waals surface area contributed by atoms with Crippen LogP contribution in [0.1, 0.15) is 49.1 Å². The first-order valence-electron chi connectivity index (χ1n) is 7.24. The minimum absolute atomic E-state index is 0.111. The van der Waals surface area contributed by atoms with Crippen molar-refractivity contribution in [3.63, 3.8) is 0 Å². The monoisotopic (exact) mass is 262 g/mol. The van der Waals surface area contributed by atoms with E-state index in [2.05, 4.69) is 53.7 Å². The topological polar surface area (TPSA) is 29.5 Å². The lowest BCUT2D eigenvalue weighted by Crippen LogP contribution is -2.26. The molecular weight excluding hydrogens is 236 g/mol. The fraction of sp³-hybridized carbons (Fsp3) is 0.647. The van der Waals surface area contributed by atoms with Crippen molar-refractivity contribution in [3.8, 4) is 0 Å². The van der Waals surface area contributed by atoms with Gasteiger partial charge in [0, 0.05) is 5.92 Å². The molecule has 1 aliphatic rings. The summed E-state index contributed by atoms with van der Waals surface area (Å²) in [4.78, 5) is 0. The normalized spacial score (nSPS) is 32.6. The molecule has 2 heteroatoms. The van der Waals surface area contributed by atoms with Crippen LogP contribution in [0.5, 0.6) is 0 Å². The minimum atomic E-state index is -0.435. The Balaban J connectivity index is 2.37. The van der Waals surface area contributed by atoms with Crippen molar-refractivity contribution < 1.29 is 9.84 Å². The molecule has 0 aliphatic carbocycles. The van der Waals surface area contributed by atoms with E-state index in [-0.39, 0.29) is 18.1 Å². The molecule has 5 atom stereocenters. The molecule has 1 saturated heterocycles. The Bertz CT molecular complexity index is 443. The standard InChI is InChI=1S/C17H26O2/c1-9-7-10(2)15(11(3)8-9)17(18)16-12(4)13(5)19-14(16)6/h7-8,12-14,16-18H,1-6H3. The third-order valence-electron chi connectivity index (χ3n) is 4.72. The predicted octanol–water partition coefficient (Wildman–Crippen LogP) is 3.70. The van der Waals surface area contributed by atoms with Crippen LogP contribution in [0.15, 0.2) is 12.1 Å². The van der Waals surface area contributed by atoms with Gasteiger partial charge >= 0.3 is 0 Å². The van der Waals surface area contributed by atoms with E-state index >= 15 is 0 Å². The first-order valence-corrected chi connectivity index (χ1v) is 7.24. The SMILES string of the molecule is Cc1cc(C)c(C(O)C2C(C)OC(C)C2C)c(C)c1. The van der Waals surface area contributed by atoms with E-state index < -0.39 is 6.10 Å². The molecule has 1 heterocycles. The largest absolute Gasteiger partial charge is 0.388 e. The Labute approximate surface area is 116 Å². The van der Waals surface area contributed by atoms with Gasteiger partial charge in [-0.15, -0.1) is 0 Å². The van der Waals surface area contributed by atoms with Crippen LogP contribution in [0.25, 0.3) is 0 Å². The number of benzene rings is 1. The van der Waals surface area contributed by atoms with E-state index in [1.807, 2.05) is 0 Å². The number of aliphatic hydroxyl groups excluding tert-OH is 1. The molecule has 0 amide bonds. The van der Waals surface area contributed by atoms with Crippen LogP contribution in [-0.4, -0.2) is 17.3 Å². The van der Waals surface area contributed by atoms with E-state index in [4.69, 9.17) is 4.74 Å². The second-order valence-electron chi connectivity index (χ2n) is 6.24. The van der Waals surface area contributed by atoms with Gasteiger partial charge in [-0.25, -0.2) is 0 Å². The summed E-state index contributed by atoms with van der Waals surface area (Å²) >= 11 is 0. The van der Waals surface area contributed by atoms with E-state index in [1.165, 1.54) is 16.7 Å². The quantitative estimate of drug-likeness (QED) is 0.880. The maximum Gasteiger partial charge on any atom is 0.0851 e. The van der Waals surface area contributed by atoms with Crippen molar-refractivity contribution in [1.29, 1.82) is 0 Å². The fourth-order valence-corrected chi connectivity index (χ4v) is 3.69. The lowest BCUT2D eigenvalue weighted by atomic mass is 9.79. The molecule has 1 fully saturated rings. The first kappa shape index (κ1) is 14.5. The molecular formula is C17H26O2. The maximum absolute atomic E-state index is 10.9. The zero-order valence-electron chi connectivity index (χ0n) is 12.9. The average Bonchev–Trinajstić information content (AvgIpc) is 2.51. The lowest BCUT2D eigenvalue weighted by molar-refractivity contribution is 0.0227. The van der Waals surface area contributed by atoms with Gasteiger partial charge in [-0.1, -0.05) is 24.6 Å². The zero-order chi connectivity index (χ0) is 14.3. The predicted molar refractivity (Wildman–Crippen MR) is 78.3 cm³/mol. The molecule has 0 spiro atoms. The van der Waals surface area contributed by atoms with Gasteiger partial charge in [0.15, 0.2) is 0 Å². The third-order valence-corrected chi connectivity index (χ3v) is 4.72. The van der Waals surface area contributed by atoms with Crippen LogP contribution in [0.2, 0.25) is 0 Å². The Hall–Kier alpha value is -0.860. The van der Waals surface area contributed by atoms with Gasteiger partial charge in [0.2, 0.25) is 0 Å². The number of rotatable bonds is 2. The third kappa shape index (κ3) is 2.56. The van der Waals surface area contributed by atoms with E-state index in [1.54, 1.807) is 0 Å². The van der Waals surface area contributed by atoms with Crippen LogP contribution < -0.4 is 0 Å². The fourth-order valence-electron chi connectivity index (χ4n) is 3.69. The first-order chi connectivity index (χ1) is 8.82. The van der Waals surface area contributed by atoms with Gasteiger partial charge in [0.25, 0.3) is 0 Å². The van der Waals surface area contributed by atoms with Crippen molar-refractivity contribution in [2.24, 2.45) is 11.8 Å². The highest BCUT2D eigenvalue weighted by Gasteiger charge is 2.42. The molecule has 0 bridgehead atoms. The van der Waals surface area contributed by atoms with Gasteiger partial charge in [0.05, 0.1) is 18.3 Å². The van der Waals surface area contributed by atoms with Crippen LogP contribution in [0.4, 0.5) is 0 Å². The van der Waals surface area contributed by atoms with Crippen molar-refractivity contribution in [2.45, 2.75) is 59.9 Å². The molecule has 1 N–H and O–H groups in total.